The van der Waals surface area contributed by atoms with Crippen LogP contribution in [-0.4, -0.2) is 25.0 Å². The van der Waals surface area contributed by atoms with Crippen LogP contribution in [0.5, 0.6) is 0 Å². The van der Waals surface area contributed by atoms with Crippen LogP contribution >= 0.6 is 0 Å². The number of anilines is 1. The SMILES string of the molecule is Cc1nnc(NCc2ccccc2-n2cncn2)o1. The van der Waals surface area contributed by atoms with Crippen LogP contribution in [0.1, 0.15) is 11.5 Å². The lowest BCUT2D eigenvalue weighted by molar-refractivity contribution is 0.530. The first kappa shape index (κ1) is 11.4. The summed E-state index contributed by atoms with van der Waals surface area (Å²) in [6.45, 7) is 2.32. The third-order valence-electron chi connectivity index (χ3n) is 2.61. The molecule has 0 aliphatic rings. The van der Waals surface area contributed by atoms with Crippen molar-refractivity contribution in [3.8, 4) is 5.69 Å². The Balaban J connectivity index is 1.81. The van der Waals surface area contributed by atoms with Gasteiger partial charge in [0.2, 0.25) is 5.89 Å². The van der Waals surface area contributed by atoms with Crippen molar-refractivity contribution in [1.29, 1.82) is 0 Å². The van der Waals surface area contributed by atoms with Crippen molar-refractivity contribution in [2.45, 2.75) is 13.5 Å². The first-order valence-corrected chi connectivity index (χ1v) is 5.80. The van der Waals surface area contributed by atoms with Gasteiger partial charge in [0.25, 0.3) is 0 Å². The lowest BCUT2D eigenvalue weighted by atomic mass is 10.2. The van der Waals surface area contributed by atoms with E-state index in [2.05, 4.69) is 25.6 Å². The molecule has 2 heterocycles. The zero-order valence-electron chi connectivity index (χ0n) is 10.3. The molecule has 3 rings (SSSR count). The standard InChI is InChI=1S/C12H12N6O/c1-9-16-17-12(19-9)14-6-10-4-2-3-5-11(10)18-8-13-7-15-18/h2-5,7-8H,6H2,1H3,(H,14,17). The summed E-state index contributed by atoms with van der Waals surface area (Å²) in [6, 6.07) is 8.32. The second kappa shape index (κ2) is 4.89. The summed E-state index contributed by atoms with van der Waals surface area (Å²) < 4.78 is 6.99. The average Bonchev–Trinajstić information content (AvgIpc) is 3.08. The summed E-state index contributed by atoms with van der Waals surface area (Å²) in [5.74, 6) is 0.534. The number of aryl methyl sites for hydroxylation is 1. The minimum atomic E-state index is 0.408. The highest BCUT2D eigenvalue weighted by Crippen LogP contribution is 2.14. The van der Waals surface area contributed by atoms with Crippen molar-refractivity contribution >= 4 is 6.01 Å². The molecule has 0 saturated carbocycles. The van der Waals surface area contributed by atoms with Gasteiger partial charge in [-0.25, -0.2) is 9.67 Å². The van der Waals surface area contributed by atoms with Gasteiger partial charge in [-0.3, -0.25) is 0 Å². The maximum absolute atomic E-state index is 5.27. The van der Waals surface area contributed by atoms with E-state index in [1.54, 1.807) is 17.9 Å². The molecule has 0 aliphatic carbocycles. The Bertz CT molecular complexity index is 660. The minimum absolute atomic E-state index is 0.408. The summed E-state index contributed by atoms with van der Waals surface area (Å²) in [5.41, 5.74) is 2.02. The van der Waals surface area contributed by atoms with Crippen LogP contribution in [0.25, 0.3) is 5.69 Å². The van der Waals surface area contributed by atoms with Gasteiger partial charge in [-0.1, -0.05) is 23.3 Å². The van der Waals surface area contributed by atoms with Gasteiger partial charge in [0.05, 0.1) is 5.69 Å². The molecule has 1 N–H and O–H groups in total. The van der Waals surface area contributed by atoms with E-state index in [0.29, 0.717) is 18.5 Å². The predicted molar refractivity (Wildman–Crippen MR) is 67.7 cm³/mol. The van der Waals surface area contributed by atoms with Gasteiger partial charge in [0.1, 0.15) is 12.7 Å². The van der Waals surface area contributed by atoms with Crippen LogP contribution < -0.4 is 5.32 Å². The van der Waals surface area contributed by atoms with Crippen molar-refractivity contribution in [3.63, 3.8) is 0 Å². The molecule has 0 radical (unpaired) electrons. The van der Waals surface area contributed by atoms with E-state index in [1.807, 2.05) is 24.3 Å². The monoisotopic (exact) mass is 256 g/mol. The van der Waals surface area contributed by atoms with Gasteiger partial charge in [0.15, 0.2) is 0 Å². The molecule has 0 fully saturated rings. The van der Waals surface area contributed by atoms with Crippen LogP contribution in [0.15, 0.2) is 41.3 Å². The zero-order valence-corrected chi connectivity index (χ0v) is 10.3. The molecular formula is C12H12N6O. The highest BCUT2D eigenvalue weighted by Gasteiger charge is 2.06. The van der Waals surface area contributed by atoms with Gasteiger partial charge in [-0.15, -0.1) is 5.10 Å². The highest BCUT2D eigenvalue weighted by molar-refractivity contribution is 5.41. The molecule has 0 atom stereocenters. The molecule has 7 heteroatoms. The molecule has 19 heavy (non-hydrogen) atoms. The fourth-order valence-electron chi connectivity index (χ4n) is 1.76. The predicted octanol–water partition coefficient (Wildman–Crippen LogP) is 1.57. The van der Waals surface area contributed by atoms with Crippen LogP contribution in [0.4, 0.5) is 6.01 Å². The topological polar surface area (TPSA) is 81.7 Å². The molecule has 0 bridgehead atoms. The number of aromatic nitrogens is 5. The highest BCUT2D eigenvalue weighted by atomic mass is 16.4. The van der Waals surface area contributed by atoms with E-state index in [9.17, 15) is 0 Å². The molecule has 0 aliphatic heterocycles. The first-order chi connectivity index (χ1) is 9.33. The van der Waals surface area contributed by atoms with E-state index >= 15 is 0 Å². The Morgan fingerprint density at radius 1 is 1.26 bits per heavy atom. The van der Waals surface area contributed by atoms with Crippen molar-refractivity contribution in [3.05, 3.63) is 48.4 Å². The number of nitrogens with one attached hydrogen (secondary N) is 1. The largest absolute Gasteiger partial charge is 0.408 e. The second-order valence-corrected chi connectivity index (χ2v) is 3.95. The van der Waals surface area contributed by atoms with Crippen molar-refractivity contribution in [1.82, 2.24) is 25.0 Å². The number of para-hydroxylation sites is 1. The Morgan fingerprint density at radius 2 is 2.16 bits per heavy atom. The number of hydrogen-bond donors (Lipinski definition) is 1. The lowest BCUT2D eigenvalue weighted by Gasteiger charge is -2.08. The molecule has 0 amide bonds. The Kier molecular flexibility index (Phi) is 2.93. The molecule has 0 saturated heterocycles. The van der Waals surface area contributed by atoms with E-state index in [-0.39, 0.29) is 0 Å². The Hall–Kier alpha value is -2.70. The number of hydrogen-bond acceptors (Lipinski definition) is 6. The summed E-state index contributed by atoms with van der Waals surface area (Å²) in [5, 5.41) is 14.9. The number of nitrogens with zero attached hydrogens (tertiary/aromatic N) is 5. The van der Waals surface area contributed by atoms with E-state index in [0.717, 1.165) is 11.3 Å². The Morgan fingerprint density at radius 3 is 2.89 bits per heavy atom. The number of benzene rings is 1. The van der Waals surface area contributed by atoms with Gasteiger partial charge >= 0.3 is 6.01 Å². The van der Waals surface area contributed by atoms with Crippen LogP contribution in [0, 0.1) is 6.92 Å². The lowest BCUT2D eigenvalue weighted by Crippen LogP contribution is -2.05. The normalized spacial score (nSPS) is 10.6. The average molecular weight is 256 g/mol. The molecule has 7 nitrogen and oxygen atoms in total. The molecule has 2 aromatic heterocycles. The molecule has 96 valence electrons. The van der Waals surface area contributed by atoms with Crippen molar-refractivity contribution in [2.24, 2.45) is 0 Å². The molecule has 0 unspecified atom stereocenters. The van der Waals surface area contributed by atoms with E-state index in [1.165, 1.54) is 6.33 Å². The number of rotatable bonds is 4. The third-order valence-corrected chi connectivity index (χ3v) is 2.61. The minimum Gasteiger partial charge on any atom is -0.408 e. The van der Waals surface area contributed by atoms with Crippen LogP contribution in [0.2, 0.25) is 0 Å². The van der Waals surface area contributed by atoms with E-state index in [4.69, 9.17) is 4.42 Å². The summed E-state index contributed by atoms with van der Waals surface area (Å²) >= 11 is 0. The zero-order chi connectivity index (χ0) is 13.1. The van der Waals surface area contributed by atoms with Crippen molar-refractivity contribution in [2.75, 3.05) is 5.32 Å². The smallest absolute Gasteiger partial charge is 0.315 e. The molecule has 3 aromatic rings. The summed E-state index contributed by atoms with van der Waals surface area (Å²) in [7, 11) is 0. The van der Waals surface area contributed by atoms with Crippen molar-refractivity contribution < 1.29 is 4.42 Å². The van der Waals surface area contributed by atoms with Gasteiger partial charge in [-0.05, 0) is 11.6 Å². The first-order valence-electron chi connectivity index (χ1n) is 5.80. The van der Waals surface area contributed by atoms with Gasteiger partial charge in [0, 0.05) is 13.5 Å². The van der Waals surface area contributed by atoms with Gasteiger partial charge < -0.3 is 9.73 Å². The molecule has 0 spiro atoms. The summed E-state index contributed by atoms with van der Waals surface area (Å²) in [6.07, 6.45) is 3.17. The Labute approximate surface area is 109 Å². The van der Waals surface area contributed by atoms with Gasteiger partial charge in [-0.2, -0.15) is 5.10 Å². The quantitative estimate of drug-likeness (QED) is 0.763. The van der Waals surface area contributed by atoms with E-state index < -0.39 is 0 Å². The molecule has 1 aromatic carbocycles. The maximum Gasteiger partial charge on any atom is 0.315 e. The third kappa shape index (κ3) is 2.44. The second-order valence-electron chi connectivity index (χ2n) is 3.95. The molecular weight excluding hydrogens is 244 g/mol. The van der Waals surface area contributed by atoms with Crippen LogP contribution in [0.3, 0.4) is 0 Å². The van der Waals surface area contributed by atoms with Crippen LogP contribution in [-0.2, 0) is 6.54 Å². The maximum atomic E-state index is 5.27. The fourth-order valence-corrected chi connectivity index (χ4v) is 1.76. The summed E-state index contributed by atoms with van der Waals surface area (Å²) in [4.78, 5) is 3.95. The fraction of sp³-hybridized carbons (Fsp3) is 0.167.